The molecule has 0 amide bonds. The summed E-state index contributed by atoms with van der Waals surface area (Å²) in [4.78, 5) is 13.4. The number of hydrogen-bond donors (Lipinski definition) is 1. The molecule has 0 aromatic heterocycles. The summed E-state index contributed by atoms with van der Waals surface area (Å²) >= 11 is 0. The molecule has 4 nitrogen and oxygen atoms in total. The highest BCUT2D eigenvalue weighted by molar-refractivity contribution is 5.68. The second kappa shape index (κ2) is 5.40. The van der Waals surface area contributed by atoms with E-state index in [4.69, 9.17) is 5.11 Å². The lowest BCUT2D eigenvalue weighted by molar-refractivity contribution is -0.138. The molecule has 4 heteroatoms. The molecule has 3 rings (SSSR count). The number of carboxylic acids is 1. The number of benzene rings is 1. The molecule has 21 heavy (non-hydrogen) atoms. The number of fused-ring (bicyclic) bond motifs is 2. The van der Waals surface area contributed by atoms with Gasteiger partial charge >= 0.3 is 5.97 Å². The van der Waals surface area contributed by atoms with E-state index in [-0.39, 0.29) is 12.3 Å². The van der Waals surface area contributed by atoms with Gasteiger partial charge in [-0.1, -0.05) is 12.1 Å². The number of para-hydroxylation sites is 1. The summed E-state index contributed by atoms with van der Waals surface area (Å²) in [7, 11) is 0. The zero-order valence-electron chi connectivity index (χ0n) is 12.2. The van der Waals surface area contributed by atoms with Crippen LogP contribution in [0.1, 0.15) is 43.2 Å². The SMILES string of the molecule is Cc1cccc(C#N)c1N1C2CCC1CC(CC(=O)O)C2. The summed E-state index contributed by atoms with van der Waals surface area (Å²) in [6.45, 7) is 2.05. The van der Waals surface area contributed by atoms with Crippen LogP contribution in [0.25, 0.3) is 0 Å². The summed E-state index contributed by atoms with van der Waals surface area (Å²) < 4.78 is 0. The lowest BCUT2D eigenvalue weighted by Crippen LogP contribution is -2.44. The topological polar surface area (TPSA) is 64.3 Å². The van der Waals surface area contributed by atoms with E-state index in [1.165, 1.54) is 0 Å². The van der Waals surface area contributed by atoms with E-state index >= 15 is 0 Å². The van der Waals surface area contributed by atoms with Crippen LogP contribution < -0.4 is 4.90 Å². The Morgan fingerprint density at radius 3 is 2.62 bits per heavy atom. The van der Waals surface area contributed by atoms with Crippen molar-refractivity contribution < 1.29 is 9.90 Å². The summed E-state index contributed by atoms with van der Waals surface area (Å²) in [6, 6.07) is 8.95. The van der Waals surface area contributed by atoms with Gasteiger partial charge < -0.3 is 10.0 Å². The molecule has 2 saturated heterocycles. The highest BCUT2D eigenvalue weighted by atomic mass is 16.4. The van der Waals surface area contributed by atoms with E-state index in [0.717, 1.165) is 42.5 Å². The van der Waals surface area contributed by atoms with Crippen molar-refractivity contribution in [2.24, 2.45) is 5.92 Å². The Labute approximate surface area is 125 Å². The molecule has 0 saturated carbocycles. The number of carboxylic acid groups (broad SMARTS) is 1. The fourth-order valence-electron chi connectivity index (χ4n) is 4.16. The van der Waals surface area contributed by atoms with Gasteiger partial charge in [-0.15, -0.1) is 0 Å². The van der Waals surface area contributed by atoms with Crippen molar-refractivity contribution in [2.75, 3.05) is 4.90 Å². The Kier molecular flexibility index (Phi) is 3.59. The van der Waals surface area contributed by atoms with Crippen molar-refractivity contribution in [3.05, 3.63) is 29.3 Å². The minimum Gasteiger partial charge on any atom is -0.481 e. The van der Waals surface area contributed by atoms with E-state index in [1.807, 2.05) is 12.1 Å². The van der Waals surface area contributed by atoms with Gasteiger partial charge in [0.2, 0.25) is 0 Å². The largest absolute Gasteiger partial charge is 0.481 e. The first-order chi connectivity index (χ1) is 10.1. The number of piperidine rings is 1. The van der Waals surface area contributed by atoms with Gasteiger partial charge in [-0.2, -0.15) is 5.26 Å². The molecule has 2 heterocycles. The first-order valence-corrected chi connectivity index (χ1v) is 7.60. The van der Waals surface area contributed by atoms with Gasteiger partial charge in [-0.05, 0) is 50.2 Å². The molecule has 1 aromatic carbocycles. The van der Waals surface area contributed by atoms with Crippen LogP contribution in [0.15, 0.2) is 18.2 Å². The summed E-state index contributed by atoms with van der Waals surface area (Å²) in [5.74, 6) is -0.410. The highest BCUT2D eigenvalue weighted by Gasteiger charge is 2.42. The number of rotatable bonds is 3. The van der Waals surface area contributed by atoms with Crippen molar-refractivity contribution in [3.8, 4) is 6.07 Å². The predicted octanol–water partition coefficient (Wildman–Crippen LogP) is 3.09. The van der Waals surface area contributed by atoms with Crippen LogP contribution in [0.2, 0.25) is 0 Å². The van der Waals surface area contributed by atoms with Crippen molar-refractivity contribution in [2.45, 2.75) is 51.1 Å². The molecule has 2 fully saturated rings. The number of nitrogens with zero attached hydrogens (tertiary/aromatic N) is 2. The molecule has 2 atom stereocenters. The summed E-state index contributed by atoms with van der Waals surface area (Å²) in [5.41, 5.74) is 2.95. The quantitative estimate of drug-likeness (QED) is 0.926. The fraction of sp³-hybridized carbons (Fsp3) is 0.529. The minimum atomic E-state index is -0.693. The lowest BCUT2D eigenvalue weighted by Gasteiger charge is -2.41. The molecule has 0 aliphatic carbocycles. The third-order valence-electron chi connectivity index (χ3n) is 4.91. The van der Waals surface area contributed by atoms with Gasteiger partial charge in [0, 0.05) is 18.5 Å². The van der Waals surface area contributed by atoms with Crippen molar-refractivity contribution in [3.63, 3.8) is 0 Å². The van der Waals surface area contributed by atoms with E-state index in [9.17, 15) is 10.1 Å². The molecule has 2 bridgehead atoms. The van der Waals surface area contributed by atoms with Crippen LogP contribution in [0.3, 0.4) is 0 Å². The normalized spacial score (nSPS) is 27.4. The minimum absolute atomic E-state index is 0.277. The summed E-state index contributed by atoms with van der Waals surface area (Å²) in [6.07, 6.45) is 4.36. The number of aryl methyl sites for hydroxylation is 1. The zero-order valence-corrected chi connectivity index (χ0v) is 12.2. The average Bonchev–Trinajstić information content (AvgIpc) is 2.68. The maximum absolute atomic E-state index is 11.0. The Hall–Kier alpha value is -2.02. The third-order valence-corrected chi connectivity index (χ3v) is 4.91. The Morgan fingerprint density at radius 1 is 1.38 bits per heavy atom. The molecule has 2 aliphatic rings. The third kappa shape index (κ3) is 2.49. The van der Waals surface area contributed by atoms with Crippen LogP contribution in [0.5, 0.6) is 0 Å². The number of anilines is 1. The van der Waals surface area contributed by atoms with Crippen molar-refractivity contribution in [1.82, 2.24) is 0 Å². The number of nitriles is 1. The molecule has 2 aliphatic heterocycles. The highest BCUT2D eigenvalue weighted by Crippen LogP contribution is 2.44. The van der Waals surface area contributed by atoms with E-state index in [2.05, 4.69) is 24.0 Å². The number of aliphatic carboxylic acids is 1. The maximum Gasteiger partial charge on any atom is 0.303 e. The van der Waals surface area contributed by atoms with E-state index in [1.54, 1.807) is 0 Å². The molecule has 110 valence electrons. The molecule has 0 spiro atoms. The molecular weight excluding hydrogens is 264 g/mol. The second-order valence-electron chi connectivity index (χ2n) is 6.31. The van der Waals surface area contributed by atoms with Crippen LogP contribution in [0, 0.1) is 24.2 Å². The Balaban J connectivity index is 1.90. The van der Waals surface area contributed by atoms with Gasteiger partial charge in [-0.3, -0.25) is 4.79 Å². The number of hydrogen-bond acceptors (Lipinski definition) is 3. The predicted molar refractivity (Wildman–Crippen MR) is 80.2 cm³/mol. The van der Waals surface area contributed by atoms with Gasteiger partial charge in [0.15, 0.2) is 0 Å². The molecule has 1 aromatic rings. The van der Waals surface area contributed by atoms with E-state index in [0.29, 0.717) is 12.1 Å². The van der Waals surface area contributed by atoms with Crippen molar-refractivity contribution >= 4 is 11.7 Å². The second-order valence-corrected chi connectivity index (χ2v) is 6.31. The maximum atomic E-state index is 11.0. The molecule has 0 radical (unpaired) electrons. The Bertz CT molecular complexity index is 591. The van der Waals surface area contributed by atoms with Gasteiger partial charge in [0.05, 0.1) is 11.3 Å². The van der Waals surface area contributed by atoms with Gasteiger partial charge in [0.25, 0.3) is 0 Å². The molecule has 1 N–H and O–H groups in total. The zero-order chi connectivity index (χ0) is 15.0. The fourth-order valence-corrected chi connectivity index (χ4v) is 4.16. The monoisotopic (exact) mass is 284 g/mol. The first kappa shape index (κ1) is 13.9. The Morgan fingerprint density at radius 2 is 2.05 bits per heavy atom. The standard InChI is InChI=1S/C17H20N2O2/c1-11-3-2-4-13(10-18)17(11)19-14-5-6-15(19)8-12(7-14)9-16(20)21/h2-4,12,14-15H,5-9H2,1H3,(H,20,21). The smallest absolute Gasteiger partial charge is 0.303 e. The van der Waals surface area contributed by atoms with Crippen LogP contribution in [0.4, 0.5) is 5.69 Å². The average molecular weight is 284 g/mol. The van der Waals surface area contributed by atoms with Gasteiger partial charge in [0.1, 0.15) is 6.07 Å². The first-order valence-electron chi connectivity index (χ1n) is 7.60. The van der Waals surface area contributed by atoms with Crippen LogP contribution >= 0.6 is 0 Å². The van der Waals surface area contributed by atoms with Crippen LogP contribution in [-0.2, 0) is 4.79 Å². The van der Waals surface area contributed by atoms with Gasteiger partial charge in [-0.25, -0.2) is 0 Å². The molecule has 2 unspecified atom stereocenters. The molecular formula is C17H20N2O2. The van der Waals surface area contributed by atoms with E-state index < -0.39 is 5.97 Å². The lowest BCUT2D eigenvalue weighted by atomic mass is 9.87. The number of carbonyl (C=O) groups is 1. The van der Waals surface area contributed by atoms with Crippen molar-refractivity contribution in [1.29, 1.82) is 5.26 Å². The summed E-state index contributed by atoms with van der Waals surface area (Å²) in [5, 5.41) is 18.4. The van der Waals surface area contributed by atoms with Crippen LogP contribution in [-0.4, -0.2) is 23.2 Å².